The maximum absolute atomic E-state index is 13.6. The van der Waals surface area contributed by atoms with E-state index >= 15 is 0 Å². The molecule has 6 heteroatoms. The van der Waals surface area contributed by atoms with E-state index in [-0.39, 0.29) is 36.1 Å². The Kier molecular flexibility index (Phi) is 4.34. The van der Waals surface area contributed by atoms with Crippen molar-refractivity contribution in [1.29, 1.82) is 0 Å². The smallest absolute Gasteiger partial charge is 0.236 e. The normalized spacial score (nSPS) is 16.4. The van der Waals surface area contributed by atoms with Gasteiger partial charge in [0.1, 0.15) is 0 Å². The Morgan fingerprint density at radius 2 is 2.15 bits per heavy atom. The number of halogens is 1. The SMILES string of the molecule is COc1ccc(C(=O)CN2CCN(C)C(=O)C2)cc1F. The highest BCUT2D eigenvalue weighted by molar-refractivity contribution is 5.98. The molecule has 1 heterocycles. The molecule has 0 N–H and O–H groups in total. The zero-order valence-corrected chi connectivity index (χ0v) is 11.6. The Bertz CT molecular complexity index is 533. The number of benzene rings is 1. The van der Waals surface area contributed by atoms with Gasteiger partial charge in [-0.05, 0) is 18.2 Å². The number of carbonyl (C=O) groups is 2. The highest BCUT2D eigenvalue weighted by Gasteiger charge is 2.23. The number of nitrogens with zero attached hydrogens (tertiary/aromatic N) is 2. The summed E-state index contributed by atoms with van der Waals surface area (Å²) in [5.74, 6) is -0.669. The quantitative estimate of drug-likeness (QED) is 0.765. The van der Waals surface area contributed by atoms with Gasteiger partial charge in [-0.3, -0.25) is 14.5 Å². The van der Waals surface area contributed by atoms with Crippen LogP contribution in [0.5, 0.6) is 5.75 Å². The number of likely N-dealkylation sites (N-methyl/N-ethyl adjacent to an activating group) is 1. The van der Waals surface area contributed by atoms with E-state index < -0.39 is 5.82 Å². The molecule has 0 spiro atoms. The maximum atomic E-state index is 13.6. The Labute approximate surface area is 116 Å². The van der Waals surface area contributed by atoms with Crippen LogP contribution in [-0.4, -0.2) is 61.8 Å². The maximum Gasteiger partial charge on any atom is 0.236 e. The van der Waals surface area contributed by atoms with Crippen LogP contribution in [-0.2, 0) is 4.79 Å². The van der Waals surface area contributed by atoms with E-state index in [1.165, 1.54) is 25.3 Å². The fourth-order valence-electron chi connectivity index (χ4n) is 2.08. The minimum absolute atomic E-state index is 0.00929. The van der Waals surface area contributed by atoms with Gasteiger partial charge in [-0.15, -0.1) is 0 Å². The van der Waals surface area contributed by atoms with Gasteiger partial charge in [0.2, 0.25) is 5.91 Å². The number of hydrogen-bond donors (Lipinski definition) is 0. The van der Waals surface area contributed by atoms with Crippen molar-refractivity contribution in [2.45, 2.75) is 0 Å². The lowest BCUT2D eigenvalue weighted by molar-refractivity contribution is -0.134. The average molecular weight is 280 g/mol. The van der Waals surface area contributed by atoms with Crippen LogP contribution in [0.1, 0.15) is 10.4 Å². The van der Waals surface area contributed by atoms with Gasteiger partial charge in [0.15, 0.2) is 17.3 Å². The molecule has 0 unspecified atom stereocenters. The highest BCUT2D eigenvalue weighted by Crippen LogP contribution is 2.18. The lowest BCUT2D eigenvalue weighted by Gasteiger charge is -2.31. The van der Waals surface area contributed by atoms with Crippen LogP contribution in [0.25, 0.3) is 0 Å². The summed E-state index contributed by atoms with van der Waals surface area (Å²) in [6.07, 6.45) is 0. The van der Waals surface area contributed by atoms with Crippen molar-refractivity contribution in [2.75, 3.05) is 40.3 Å². The number of ketones is 1. The molecule has 1 amide bonds. The van der Waals surface area contributed by atoms with Gasteiger partial charge in [0.25, 0.3) is 0 Å². The zero-order chi connectivity index (χ0) is 14.7. The second-order valence-electron chi connectivity index (χ2n) is 4.80. The molecule has 108 valence electrons. The monoisotopic (exact) mass is 280 g/mol. The van der Waals surface area contributed by atoms with Crippen LogP contribution in [0.2, 0.25) is 0 Å². The molecule has 20 heavy (non-hydrogen) atoms. The first-order valence-electron chi connectivity index (χ1n) is 6.34. The number of hydrogen-bond acceptors (Lipinski definition) is 4. The molecule has 0 bridgehead atoms. The first-order chi connectivity index (χ1) is 9.51. The van der Waals surface area contributed by atoms with Gasteiger partial charge in [0.05, 0.1) is 20.2 Å². The number of carbonyl (C=O) groups excluding carboxylic acids is 2. The number of ether oxygens (including phenoxy) is 1. The van der Waals surface area contributed by atoms with Gasteiger partial charge >= 0.3 is 0 Å². The van der Waals surface area contributed by atoms with E-state index in [1.54, 1.807) is 16.8 Å². The summed E-state index contributed by atoms with van der Waals surface area (Å²) < 4.78 is 18.4. The van der Waals surface area contributed by atoms with Gasteiger partial charge < -0.3 is 9.64 Å². The first-order valence-corrected chi connectivity index (χ1v) is 6.34. The van der Waals surface area contributed by atoms with E-state index in [1.807, 2.05) is 0 Å². The second kappa shape index (κ2) is 6.00. The number of methoxy groups -OCH3 is 1. The first kappa shape index (κ1) is 14.5. The van der Waals surface area contributed by atoms with Crippen LogP contribution in [0.4, 0.5) is 4.39 Å². The minimum atomic E-state index is -0.562. The Morgan fingerprint density at radius 3 is 2.75 bits per heavy atom. The third-order valence-corrected chi connectivity index (χ3v) is 3.38. The van der Waals surface area contributed by atoms with E-state index in [2.05, 4.69) is 0 Å². The Hall–Kier alpha value is -1.95. The number of piperazine rings is 1. The van der Waals surface area contributed by atoms with Crippen molar-refractivity contribution >= 4 is 11.7 Å². The van der Waals surface area contributed by atoms with E-state index in [9.17, 15) is 14.0 Å². The zero-order valence-electron chi connectivity index (χ0n) is 11.6. The summed E-state index contributed by atoms with van der Waals surface area (Å²) in [6.45, 7) is 1.59. The molecule has 1 aromatic rings. The topological polar surface area (TPSA) is 49.9 Å². The lowest BCUT2D eigenvalue weighted by atomic mass is 10.1. The molecule has 1 aromatic carbocycles. The van der Waals surface area contributed by atoms with E-state index in [0.29, 0.717) is 13.1 Å². The van der Waals surface area contributed by atoms with Crippen molar-refractivity contribution in [3.05, 3.63) is 29.6 Å². The molecule has 0 radical (unpaired) electrons. The van der Waals surface area contributed by atoms with Crippen LogP contribution in [0.15, 0.2) is 18.2 Å². The van der Waals surface area contributed by atoms with Crippen molar-refractivity contribution < 1.29 is 18.7 Å². The van der Waals surface area contributed by atoms with Gasteiger partial charge in [-0.2, -0.15) is 0 Å². The minimum Gasteiger partial charge on any atom is -0.494 e. The van der Waals surface area contributed by atoms with Crippen molar-refractivity contribution in [1.82, 2.24) is 9.80 Å². The molecule has 2 rings (SSSR count). The predicted octanol–water partition coefficient (Wildman–Crippen LogP) is 0.791. The summed E-state index contributed by atoms with van der Waals surface area (Å²) in [4.78, 5) is 27.0. The molecular formula is C14H17FN2O3. The molecule has 0 aromatic heterocycles. The summed E-state index contributed by atoms with van der Waals surface area (Å²) >= 11 is 0. The lowest BCUT2D eigenvalue weighted by Crippen LogP contribution is -2.49. The van der Waals surface area contributed by atoms with Gasteiger partial charge in [-0.1, -0.05) is 0 Å². The number of Topliss-reactive ketones (excluding diaryl/α,β-unsaturated/α-hetero) is 1. The molecule has 0 aliphatic carbocycles. The average Bonchev–Trinajstić information content (AvgIpc) is 2.42. The van der Waals surface area contributed by atoms with Crippen molar-refractivity contribution in [3.63, 3.8) is 0 Å². The summed E-state index contributed by atoms with van der Waals surface area (Å²) in [7, 11) is 3.11. The van der Waals surface area contributed by atoms with Crippen LogP contribution >= 0.6 is 0 Å². The Morgan fingerprint density at radius 1 is 1.40 bits per heavy atom. The summed E-state index contributed by atoms with van der Waals surface area (Å²) in [5.41, 5.74) is 0.287. The molecule has 1 aliphatic heterocycles. The van der Waals surface area contributed by atoms with Gasteiger partial charge in [0, 0.05) is 25.7 Å². The number of rotatable bonds is 4. The molecule has 0 atom stereocenters. The Balaban J connectivity index is 2.01. The fourth-order valence-corrected chi connectivity index (χ4v) is 2.08. The number of amides is 1. The standard InChI is InChI=1S/C14H17FN2O3/c1-16-5-6-17(9-14(16)19)8-12(18)10-3-4-13(20-2)11(15)7-10/h3-4,7H,5-6,8-9H2,1-2H3. The van der Waals surface area contributed by atoms with Crippen molar-refractivity contribution in [3.8, 4) is 5.75 Å². The van der Waals surface area contributed by atoms with Crippen molar-refractivity contribution in [2.24, 2.45) is 0 Å². The largest absolute Gasteiger partial charge is 0.494 e. The fraction of sp³-hybridized carbons (Fsp3) is 0.429. The molecule has 5 nitrogen and oxygen atoms in total. The van der Waals surface area contributed by atoms with Gasteiger partial charge in [-0.25, -0.2) is 4.39 Å². The van der Waals surface area contributed by atoms with Crippen LogP contribution in [0.3, 0.4) is 0 Å². The molecular weight excluding hydrogens is 263 g/mol. The van der Waals surface area contributed by atoms with E-state index in [0.717, 1.165) is 0 Å². The third kappa shape index (κ3) is 3.14. The van der Waals surface area contributed by atoms with Crippen LogP contribution in [0, 0.1) is 5.82 Å². The molecule has 1 fully saturated rings. The van der Waals surface area contributed by atoms with Crippen LogP contribution < -0.4 is 4.74 Å². The predicted molar refractivity (Wildman–Crippen MR) is 71.4 cm³/mol. The second-order valence-corrected chi connectivity index (χ2v) is 4.80. The third-order valence-electron chi connectivity index (χ3n) is 3.38. The van der Waals surface area contributed by atoms with E-state index in [4.69, 9.17) is 4.74 Å². The molecule has 1 saturated heterocycles. The summed E-state index contributed by atoms with van der Waals surface area (Å²) in [5, 5.41) is 0. The highest BCUT2D eigenvalue weighted by atomic mass is 19.1. The summed E-state index contributed by atoms with van der Waals surface area (Å²) in [6, 6.07) is 4.12. The molecule has 1 aliphatic rings. The molecule has 0 saturated carbocycles.